The van der Waals surface area contributed by atoms with Crippen LogP contribution in [0.2, 0.25) is 0 Å². The normalized spacial score (nSPS) is 11.3. The van der Waals surface area contributed by atoms with Gasteiger partial charge in [0.15, 0.2) is 18.1 Å². The highest BCUT2D eigenvalue weighted by atomic mass is 35.5. The van der Waals surface area contributed by atoms with E-state index in [0.717, 1.165) is 11.1 Å². The standard InChI is InChI=1S/C18H22N2O4.ClH/c1-23-17-9-13(7-8-16(17)24-12-18(19)22)10-20-11-15(21)14-5-3-2-4-6-14;/h2-9,15,20-21H,10-12H2,1H3,(H2,19,22);1H. The number of carbonyl (C=O) groups excluding carboxylic acids is 1. The SMILES string of the molecule is COc1cc(C[NH2+]CC(O)c2ccccc2)ccc1OCC(N)=O.[Cl-]. The molecule has 0 saturated heterocycles. The minimum Gasteiger partial charge on any atom is -1.00 e. The third-order valence-corrected chi connectivity index (χ3v) is 3.55. The molecule has 0 aliphatic heterocycles. The Bertz CT molecular complexity index is 667. The largest absolute Gasteiger partial charge is 1.00 e. The summed E-state index contributed by atoms with van der Waals surface area (Å²) in [5, 5.41) is 12.2. The molecule has 2 rings (SSSR count). The van der Waals surface area contributed by atoms with Crippen LogP contribution in [0.4, 0.5) is 0 Å². The zero-order valence-corrected chi connectivity index (χ0v) is 14.8. The molecule has 0 fully saturated rings. The second kappa shape index (κ2) is 10.6. The van der Waals surface area contributed by atoms with Gasteiger partial charge in [-0.2, -0.15) is 0 Å². The van der Waals surface area contributed by atoms with E-state index in [1.807, 2.05) is 47.8 Å². The lowest BCUT2D eigenvalue weighted by atomic mass is 10.1. The number of quaternary nitrogens is 1. The first kappa shape index (κ1) is 20.8. The molecule has 2 aromatic rings. The third kappa shape index (κ3) is 6.62. The minimum absolute atomic E-state index is 0. The van der Waals surface area contributed by atoms with Gasteiger partial charge in [-0.3, -0.25) is 4.79 Å². The number of carbonyl (C=O) groups is 1. The molecule has 5 N–H and O–H groups in total. The molecule has 0 spiro atoms. The van der Waals surface area contributed by atoms with Crippen molar-refractivity contribution >= 4 is 5.91 Å². The summed E-state index contributed by atoms with van der Waals surface area (Å²) in [5.74, 6) is 0.486. The second-order valence-electron chi connectivity index (χ2n) is 5.40. The molecule has 136 valence electrons. The number of nitrogens with two attached hydrogens (primary N) is 2. The van der Waals surface area contributed by atoms with Crippen molar-refractivity contribution in [2.75, 3.05) is 20.3 Å². The number of benzene rings is 2. The molecule has 1 amide bonds. The summed E-state index contributed by atoms with van der Waals surface area (Å²) < 4.78 is 10.6. The van der Waals surface area contributed by atoms with Gasteiger partial charge in [-0.1, -0.05) is 30.3 Å². The van der Waals surface area contributed by atoms with E-state index in [1.165, 1.54) is 0 Å². The summed E-state index contributed by atoms with van der Waals surface area (Å²) in [7, 11) is 1.54. The van der Waals surface area contributed by atoms with E-state index in [2.05, 4.69) is 0 Å². The molecular weight excluding hydrogens is 344 g/mol. The number of amides is 1. The van der Waals surface area contributed by atoms with Crippen molar-refractivity contribution in [2.45, 2.75) is 12.6 Å². The molecular formula is C18H23ClN2O4. The Kier molecular flexibility index (Phi) is 8.77. The Balaban J connectivity index is 0.00000312. The smallest absolute Gasteiger partial charge is 0.255 e. The molecule has 25 heavy (non-hydrogen) atoms. The van der Waals surface area contributed by atoms with E-state index in [4.69, 9.17) is 15.2 Å². The highest BCUT2D eigenvalue weighted by molar-refractivity contribution is 5.75. The second-order valence-corrected chi connectivity index (χ2v) is 5.40. The van der Waals surface area contributed by atoms with E-state index in [9.17, 15) is 9.90 Å². The molecule has 0 aliphatic rings. The molecule has 0 aliphatic carbocycles. The van der Waals surface area contributed by atoms with Crippen molar-refractivity contribution in [3.8, 4) is 11.5 Å². The fraction of sp³-hybridized carbons (Fsp3) is 0.278. The number of ether oxygens (including phenoxy) is 2. The van der Waals surface area contributed by atoms with Crippen molar-refractivity contribution < 1.29 is 37.1 Å². The summed E-state index contributed by atoms with van der Waals surface area (Å²) in [5.41, 5.74) is 7.00. The maximum absolute atomic E-state index is 10.8. The maximum Gasteiger partial charge on any atom is 0.255 e. The van der Waals surface area contributed by atoms with Crippen LogP contribution in [0.3, 0.4) is 0 Å². The molecule has 0 bridgehead atoms. The topological polar surface area (TPSA) is 98.4 Å². The van der Waals surface area contributed by atoms with Gasteiger partial charge < -0.3 is 38.0 Å². The van der Waals surface area contributed by atoms with Crippen molar-refractivity contribution in [1.82, 2.24) is 0 Å². The number of hydrogen-bond acceptors (Lipinski definition) is 4. The zero-order valence-electron chi connectivity index (χ0n) is 14.0. The highest BCUT2D eigenvalue weighted by Gasteiger charge is 2.11. The van der Waals surface area contributed by atoms with E-state index in [-0.39, 0.29) is 19.0 Å². The van der Waals surface area contributed by atoms with Crippen LogP contribution in [0.5, 0.6) is 11.5 Å². The summed E-state index contributed by atoms with van der Waals surface area (Å²) in [4.78, 5) is 10.8. The van der Waals surface area contributed by atoms with Crippen molar-refractivity contribution in [1.29, 1.82) is 0 Å². The van der Waals surface area contributed by atoms with Gasteiger partial charge in [0.25, 0.3) is 5.91 Å². The Hall–Kier alpha value is -2.28. The first-order valence-electron chi connectivity index (χ1n) is 7.73. The predicted molar refractivity (Wildman–Crippen MR) is 89.6 cm³/mol. The van der Waals surface area contributed by atoms with Crippen LogP contribution in [-0.4, -0.2) is 31.3 Å². The number of aliphatic hydroxyl groups is 1. The molecule has 2 aromatic carbocycles. The lowest BCUT2D eigenvalue weighted by Crippen LogP contribution is -3.00. The molecule has 1 atom stereocenters. The minimum atomic E-state index is -0.538. The molecule has 0 saturated carbocycles. The third-order valence-electron chi connectivity index (χ3n) is 3.55. The van der Waals surface area contributed by atoms with Gasteiger partial charge in [-0.15, -0.1) is 0 Å². The van der Waals surface area contributed by atoms with Gasteiger partial charge in [0.2, 0.25) is 0 Å². The predicted octanol–water partition coefficient (Wildman–Crippen LogP) is -2.64. The average Bonchev–Trinajstić information content (AvgIpc) is 2.61. The quantitative estimate of drug-likeness (QED) is 0.452. The molecule has 0 aromatic heterocycles. The fourth-order valence-electron chi connectivity index (χ4n) is 2.33. The van der Waals surface area contributed by atoms with E-state index < -0.39 is 12.0 Å². The number of rotatable bonds is 9. The van der Waals surface area contributed by atoms with Crippen LogP contribution in [0.1, 0.15) is 17.2 Å². The Labute approximate surface area is 153 Å². The highest BCUT2D eigenvalue weighted by Crippen LogP contribution is 2.27. The van der Waals surface area contributed by atoms with Crippen molar-refractivity contribution in [3.63, 3.8) is 0 Å². The first-order valence-corrected chi connectivity index (χ1v) is 7.73. The van der Waals surface area contributed by atoms with Crippen molar-refractivity contribution in [2.24, 2.45) is 5.73 Å². The van der Waals surface area contributed by atoms with E-state index in [1.54, 1.807) is 13.2 Å². The molecule has 7 heteroatoms. The number of methoxy groups -OCH3 is 1. The molecule has 6 nitrogen and oxygen atoms in total. The summed E-state index contributed by atoms with van der Waals surface area (Å²) >= 11 is 0. The Morgan fingerprint density at radius 3 is 2.56 bits per heavy atom. The van der Waals surface area contributed by atoms with Crippen LogP contribution >= 0.6 is 0 Å². The van der Waals surface area contributed by atoms with Crippen LogP contribution in [0.15, 0.2) is 48.5 Å². The number of hydrogen-bond donors (Lipinski definition) is 3. The molecule has 0 heterocycles. The van der Waals surface area contributed by atoms with Gasteiger partial charge in [0, 0.05) is 5.56 Å². The Morgan fingerprint density at radius 2 is 1.92 bits per heavy atom. The van der Waals surface area contributed by atoms with E-state index >= 15 is 0 Å². The van der Waals surface area contributed by atoms with Crippen LogP contribution in [-0.2, 0) is 11.3 Å². The first-order chi connectivity index (χ1) is 11.6. The average molecular weight is 367 g/mol. The Morgan fingerprint density at radius 1 is 1.20 bits per heavy atom. The van der Waals surface area contributed by atoms with Crippen LogP contribution < -0.4 is 32.9 Å². The van der Waals surface area contributed by atoms with Gasteiger partial charge in [0.1, 0.15) is 19.2 Å². The van der Waals surface area contributed by atoms with Crippen LogP contribution in [0.25, 0.3) is 0 Å². The number of aliphatic hydroxyl groups excluding tert-OH is 1. The zero-order chi connectivity index (χ0) is 17.4. The van der Waals surface area contributed by atoms with Gasteiger partial charge in [-0.05, 0) is 23.8 Å². The summed E-state index contributed by atoms with van der Waals surface area (Å²) in [6.45, 7) is 1.06. The number of halogens is 1. The summed E-state index contributed by atoms with van der Waals surface area (Å²) in [6.07, 6.45) is -0.508. The monoisotopic (exact) mass is 366 g/mol. The number of primary amides is 1. The van der Waals surface area contributed by atoms with Crippen molar-refractivity contribution in [3.05, 3.63) is 59.7 Å². The molecule has 0 radical (unpaired) electrons. The van der Waals surface area contributed by atoms with E-state index in [0.29, 0.717) is 24.6 Å². The van der Waals surface area contributed by atoms with Gasteiger partial charge in [-0.25, -0.2) is 0 Å². The summed E-state index contributed by atoms with van der Waals surface area (Å²) in [6, 6.07) is 15.1. The molecule has 1 unspecified atom stereocenters. The fourth-order valence-corrected chi connectivity index (χ4v) is 2.33. The van der Waals surface area contributed by atoms with Crippen LogP contribution in [0, 0.1) is 0 Å². The van der Waals surface area contributed by atoms with Gasteiger partial charge in [0.05, 0.1) is 7.11 Å². The lowest BCUT2D eigenvalue weighted by molar-refractivity contribution is -0.677. The lowest BCUT2D eigenvalue weighted by Gasteiger charge is -2.12. The van der Waals surface area contributed by atoms with Gasteiger partial charge >= 0.3 is 0 Å². The maximum atomic E-state index is 10.8.